The summed E-state index contributed by atoms with van der Waals surface area (Å²) < 4.78 is 56.7. The molecule has 0 spiro atoms. The molecule has 2 aliphatic rings. The average molecular weight is 497 g/mol. The van der Waals surface area contributed by atoms with Crippen molar-refractivity contribution in [1.29, 1.82) is 0 Å². The van der Waals surface area contributed by atoms with Gasteiger partial charge in [-0.2, -0.15) is 0 Å². The Labute approximate surface area is 196 Å². The summed E-state index contributed by atoms with van der Waals surface area (Å²) >= 11 is 1.61. The topological polar surface area (TPSA) is 75.7 Å². The Hall–Kier alpha value is -2.17. The molecule has 33 heavy (non-hydrogen) atoms. The highest BCUT2D eigenvalue weighted by Gasteiger charge is 2.39. The van der Waals surface area contributed by atoms with Crippen LogP contribution in [0.15, 0.2) is 47.4 Å². The molecule has 10 heteroatoms. The number of amides is 1. The highest BCUT2D eigenvalue weighted by Crippen LogP contribution is 2.35. The Bertz CT molecular complexity index is 1110. The first-order valence-corrected chi connectivity index (χ1v) is 13.4. The quantitative estimate of drug-likeness (QED) is 0.635. The van der Waals surface area contributed by atoms with E-state index >= 15 is 0 Å². The summed E-state index contributed by atoms with van der Waals surface area (Å²) in [5.74, 6) is -0.578. The second-order valence-electron chi connectivity index (χ2n) is 8.44. The maximum atomic E-state index is 14.3. The molecule has 6 nitrogen and oxygen atoms in total. The lowest BCUT2D eigenvalue weighted by atomic mass is 10.1. The van der Waals surface area contributed by atoms with Gasteiger partial charge in [-0.05, 0) is 55.3 Å². The highest BCUT2D eigenvalue weighted by molar-refractivity contribution is 8.00. The standard InChI is InChI=1S/C23H26F2N2O4S2/c1-31-18-3-5-19(6-4-18)32-20-11-22(23(28)26-17-8-9-33(29,30)14-17)27(13-20)12-15-10-16(24)2-7-21(15)25/h2-7,10,17,20,22H,8-9,11-14H2,1H3,(H,26,28)/t17-,20-,22+/m1/s1. The third kappa shape index (κ3) is 6.04. The van der Waals surface area contributed by atoms with Gasteiger partial charge in [-0.1, -0.05) is 0 Å². The van der Waals surface area contributed by atoms with Crippen LogP contribution in [0.3, 0.4) is 0 Å². The van der Waals surface area contributed by atoms with Gasteiger partial charge in [-0.15, -0.1) is 11.8 Å². The van der Waals surface area contributed by atoms with Gasteiger partial charge in [-0.3, -0.25) is 9.69 Å². The number of nitrogens with zero attached hydrogens (tertiary/aromatic N) is 1. The summed E-state index contributed by atoms with van der Waals surface area (Å²) in [5, 5.41) is 2.92. The number of halogens is 2. The van der Waals surface area contributed by atoms with E-state index in [1.807, 2.05) is 29.2 Å². The third-order valence-electron chi connectivity index (χ3n) is 5.99. The fraction of sp³-hybridized carbons (Fsp3) is 0.435. The lowest BCUT2D eigenvalue weighted by Gasteiger charge is -2.25. The second kappa shape index (κ2) is 9.99. The monoisotopic (exact) mass is 496 g/mol. The molecule has 2 aliphatic heterocycles. The zero-order valence-electron chi connectivity index (χ0n) is 18.2. The van der Waals surface area contributed by atoms with Crippen LogP contribution in [0.2, 0.25) is 0 Å². The third-order valence-corrected chi connectivity index (χ3v) is 8.98. The van der Waals surface area contributed by atoms with E-state index in [4.69, 9.17) is 4.74 Å². The molecule has 1 amide bonds. The molecule has 2 heterocycles. The van der Waals surface area contributed by atoms with Crippen LogP contribution in [0, 0.1) is 11.6 Å². The molecule has 3 atom stereocenters. The molecule has 2 saturated heterocycles. The Balaban J connectivity index is 1.49. The molecule has 2 aromatic rings. The number of nitrogens with one attached hydrogen (secondary N) is 1. The van der Waals surface area contributed by atoms with Crippen LogP contribution < -0.4 is 10.1 Å². The zero-order chi connectivity index (χ0) is 23.6. The van der Waals surface area contributed by atoms with Gasteiger partial charge in [-0.25, -0.2) is 17.2 Å². The van der Waals surface area contributed by atoms with Crippen LogP contribution >= 0.6 is 11.8 Å². The first-order valence-electron chi connectivity index (χ1n) is 10.7. The number of ether oxygens (including phenoxy) is 1. The van der Waals surface area contributed by atoms with Crippen molar-refractivity contribution in [3.8, 4) is 5.75 Å². The van der Waals surface area contributed by atoms with Crippen LogP contribution in [0.4, 0.5) is 8.78 Å². The molecular weight excluding hydrogens is 470 g/mol. The normalized spacial score (nSPS) is 24.6. The van der Waals surface area contributed by atoms with Gasteiger partial charge < -0.3 is 10.1 Å². The minimum absolute atomic E-state index is 0.0538. The number of rotatable bonds is 7. The van der Waals surface area contributed by atoms with E-state index in [0.717, 1.165) is 28.8 Å². The lowest BCUT2D eigenvalue weighted by Crippen LogP contribution is -2.47. The van der Waals surface area contributed by atoms with Crippen molar-refractivity contribution in [2.75, 3.05) is 25.2 Å². The number of benzene rings is 2. The number of hydrogen-bond acceptors (Lipinski definition) is 6. The fourth-order valence-electron chi connectivity index (χ4n) is 4.33. The van der Waals surface area contributed by atoms with Crippen molar-refractivity contribution in [3.05, 3.63) is 59.7 Å². The van der Waals surface area contributed by atoms with Gasteiger partial charge in [0.15, 0.2) is 9.84 Å². The molecular formula is C23H26F2N2O4S2. The SMILES string of the molecule is COc1ccc(S[C@@H]2C[C@@H](C(=O)N[C@@H]3CCS(=O)(=O)C3)N(Cc3cc(F)ccc3F)C2)cc1. The van der Waals surface area contributed by atoms with Crippen LogP contribution in [0.25, 0.3) is 0 Å². The van der Waals surface area contributed by atoms with E-state index in [1.54, 1.807) is 18.9 Å². The van der Waals surface area contributed by atoms with Gasteiger partial charge >= 0.3 is 0 Å². The largest absolute Gasteiger partial charge is 0.497 e. The van der Waals surface area contributed by atoms with E-state index in [-0.39, 0.29) is 34.8 Å². The zero-order valence-corrected chi connectivity index (χ0v) is 19.8. The van der Waals surface area contributed by atoms with E-state index < -0.39 is 33.6 Å². The average Bonchev–Trinajstić information content (AvgIpc) is 3.33. The van der Waals surface area contributed by atoms with Crippen molar-refractivity contribution in [3.63, 3.8) is 0 Å². The van der Waals surface area contributed by atoms with E-state index in [9.17, 15) is 22.0 Å². The molecule has 0 aromatic heterocycles. The first-order chi connectivity index (χ1) is 15.7. The van der Waals surface area contributed by atoms with E-state index in [0.29, 0.717) is 19.4 Å². The predicted molar refractivity (Wildman–Crippen MR) is 123 cm³/mol. The summed E-state index contributed by atoms with van der Waals surface area (Å²) in [7, 11) is -1.53. The molecule has 0 radical (unpaired) electrons. The molecule has 178 valence electrons. The lowest BCUT2D eigenvalue weighted by molar-refractivity contribution is -0.126. The van der Waals surface area contributed by atoms with Gasteiger partial charge in [0.1, 0.15) is 17.4 Å². The summed E-state index contributed by atoms with van der Waals surface area (Å²) in [5.41, 5.74) is 0.186. The Morgan fingerprint density at radius 1 is 1.21 bits per heavy atom. The minimum atomic E-state index is -3.13. The number of carbonyl (C=O) groups excluding carboxylic acids is 1. The van der Waals surface area contributed by atoms with Crippen molar-refractivity contribution in [2.24, 2.45) is 0 Å². The van der Waals surface area contributed by atoms with Gasteiger partial charge in [0, 0.05) is 34.8 Å². The van der Waals surface area contributed by atoms with E-state index in [2.05, 4.69) is 5.32 Å². The number of carbonyl (C=O) groups is 1. The number of hydrogen-bond donors (Lipinski definition) is 1. The summed E-state index contributed by atoms with van der Waals surface area (Å²) in [6, 6.07) is 9.93. The Morgan fingerprint density at radius 2 is 1.97 bits per heavy atom. The molecule has 2 fully saturated rings. The van der Waals surface area contributed by atoms with Gasteiger partial charge in [0.05, 0.1) is 24.7 Å². The van der Waals surface area contributed by atoms with Crippen molar-refractivity contribution in [2.45, 2.75) is 41.6 Å². The van der Waals surface area contributed by atoms with Crippen LogP contribution in [-0.4, -0.2) is 61.7 Å². The minimum Gasteiger partial charge on any atom is -0.497 e. The van der Waals surface area contributed by atoms with Crippen molar-refractivity contribution >= 4 is 27.5 Å². The van der Waals surface area contributed by atoms with Crippen molar-refractivity contribution in [1.82, 2.24) is 10.2 Å². The fourth-order valence-corrected chi connectivity index (χ4v) is 7.23. The number of thioether (sulfide) groups is 1. The van der Waals surface area contributed by atoms with Crippen LogP contribution in [-0.2, 0) is 21.2 Å². The predicted octanol–water partition coefficient (Wildman–Crippen LogP) is 3.01. The van der Waals surface area contributed by atoms with Crippen LogP contribution in [0.5, 0.6) is 5.75 Å². The summed E-state index contributed by atoms with van der Waals surface area (Å²) in [4.78, 5) is 16.0. The smallest absolute Gasteiger partial charge is 0.237 e. The first kappa shape index (κ1) is 24.0. The number of likely N-dealkylation sites (tertiary alicyclic amines) is 1. The Kier molecular flexibility index (Phi) is 7.25. The molecule has 0 aliphatic carbocycles. The van der Waals surface area contributed by atoms with Crippen molar-refractivity contribution < 1.29 is 26.7 Å². The number of sulfone groups is 1. The van der Waals surface area contributed by atoms with Crippen LogP contribution in [0.1, 0.15) is 18.4 Å². The summed E-state index contributed by atoms with van der Waals surface area (Å²) in [6.07, 6.45) is 0.905. The molecule has 0 saturated carbocycles. The maximum Gasteiger partial charge on any atom is 0.237 e. The molecule has 4 rings (SSSR count). The highest BCUT2D eigenvalue weighted by atomic mass is 32.2. The maximum absolute atomic E-state index is 14.3. The van der Waals surface area contributed by atoms with Gasteiger partial charge in [0.25, 0.3) is 0 Å². The number of methoxy groups -OCH3 is 1. The van der Waals surface area contributed by atoms with E-state index in [1.165, 1.54) is 0 Å². The molecule has 0 bridgehead atoms. The molecule has 2 aromatic carbocycles. The summed E-state index contributed by atoms with van der Waals surface area (Å²) in [6.45, 7) is 0.595. The second-order valence-corrected chi connectivity index (χ2v) is 12.0. The van der Waals surface area contributed by atoms with Gasteiger partial charge in [0.2, 0.25) is 5.91 Å². The Morgan fingerprint density at radius 3 is 2.64 bits per heavy atom. The molecule has 1 N–H and O–H groups in total. The molecule has 0 unspecified atom stereocenters.